The Labute approximate surface area is 171 Å². The van der Waals surface area contributed by atoms with E-state index in [2.05, 4.69) is 4.98 Å². The Kier molecular flexibility index (Phi) is 6.72. The van der Waals surface area contributed by atoms with E-state index in [0.717, 1.165) is 11.1 Å². The molecule has 2 rings (SSSR count). The molecule has 1 aromatic heterocycles. The second kappa shape index (κ2) is 8.68. The number of aromatic nitrogens is 1. The molecular formula is C22H29NO6. The fourth-order valence-corrected chi connectivity index (χ4v) is 3.16. The molecule has 0 amide bonds. The highest BCUT2D eigenvalue weighted by atomic mass is 16.6. The minimum absolute atomic E-state index is 0.134. The Morgan fingerprint density at radius 3 is 2.38 bits per heavy atom. The third kappa shape index (κ3) is 5.16. The standard InChI is InChI=1S/C22H29NO6/c1-8-14-13(3)17(28-20(14)25)11-16-12(2)15(9-10-18(24)27-7)19(23-16)21(26)29-22(4,5)6/h11,23H,8-10H2,1-7H3/b17-11+. The zero-order chi connectivity index (χ0) is 21.9. The van der Waals surface area contributed by atoms with Gasteiger partial charge in [0.05, 0.1) is 7.11 Å². The zero-order valence-corrected chi connectivity index (χ0v) is 18.1. The van der Waals surface area contributed by atoms with Gasteiger partial charge in [-0.1, -0.05) is 6.92 Å². The van der Waals surface area contributed by atoms with Crippen molar-refractivity contribution in [1.29, 1.82) is 0 Å². The largest absolute Gasteiger partial charge is 0.469 e. The molecular weight excluding hydrogens is 374 g/mol. The fraction of sp³-hybridized carbons (Fsp3) is 0.500. The van der Waals surface area contributed by atoms with E-state index in [1.165, 1.54) is 7.11 Å². The number of H-pyrrole nitrogens is 1. The number of hydrogen-bond donors (Lipinski definition) is 1. The van der Waals surface area contributed by atoms with E-state index < -0.39 is 11.6 Å². The number of esters is 3. The molecule has 2 heterocycles. The van der Waals surface area contributed by atoms with Gasteiger partial charge in [-0.2, -0.15) is 0 Å². The lowest BCUT2D eigenvalue weighted by Gasteiger charge is -2.19. The number of hydrogen-bond acceptors (Lipinski definition) is 6. The third-order valence-electron chi connectivity index (χ3n) is 4.73. The maximum atomic E-state index is 12.7. The van der Waals surface area contributed by atoms with Gasteiger partial charge >= 0.3 is 17.9 Å². The molecule has 0 unspecified atom stereocenters. The number of ether oxygens (including phenoxy) is 3. The molecule has 0 radical (unpaired) electrons. The SMILES string of the molecule is CCC1=C(C)/C(=C\c2[nH]c(C(=O)OC(C)(C)C)c(CCC(=O)OC)c2C)OC1=O. The number of nitrogens with one attached hydrogen (secondary N) is 1. The van der Waals surface area contributed by atoms with Crippen molar-refractivity contribution in [3.05, 3.63) is 39.4 Å². The number of rotatable bonds is 6. The Morgan fingerprint density at radius 2 is 1.86 bits per heavy atom. The van der Waals surface area contributed by atoms with Crippen molar-refractivity contribution in [2.75, 3.05) is 7.11 Å². The van der Waals surface area contributed by atoms with Gasteiger partial charge in [0, 0.05) is 29.3 Å². The molecule has 0 atom stereocenters. The summed E-state index contributed by atoms with van der Waals surface area (Å²) in [5.41, 5.74) is 3.14. The topological polar surface area (TPSA) is 94.7 Å². The van der Waals surface area contributed by atoms with Crippen molar-refractivity contribution in [2.45, 2.75) is 66.4 Å². The molecule has 1 aliphatic heterocycles. The first-order valence-corrected chi connectivity index (χ1v) is 9.64. The van der Waals surface area contributed by atoms with Gasteiger partial charge in [0.15, 0.2) is 0 Å². The molecule has 158 valence electrons. The van der Waals surface area contributed by atoms with Crippen molar-refractivity contribution < 1.29 is 28.6 Å². The number of allylic oxidation sites excluding steroid dienone is 1. The van der Waals surface area contributed by atoms with Crippen LogP contribution in [0.5, 0.6) is 0 Å². The minimum Gasteiger partial charge on any atom is -0.469 e. The first kappa shape index (κ1) is 22.5. The molecule has 1 aromatic rings. The molecule has 7 heteroatoms. The van der Waals surface area contributed by atoms with Gasteiger partial charge in [0.25, 0.3) is 0 Å². The normalized spacial score (nSPS) is 15.7. The summed E-state index contributed by atoms with van der Waals surface area (Å²) in [6, 6.07) is 0. The maximum absolute atomic E-state index is 12.7. The lowest BCUT2D eigenvalue weighted by Crippen LogP contribution is -2.24. The summed E-state index contributed by atoms with van der Waals surface area (Å²) >= 11 is 0. The van der Waals surface area contributed by atoms with E-state index in [4.69, 9.17) is 14.2 Å². The van der Waals surface area contributed by atoms with Gasteiger partial charge in [-0.25, -0.2) is 9.59 Å². The fourth-order valence-electron chi connectivity index (χ4n) is 3.16. The average molecular weight is 403 g/mol. The van der Waals surface area contributed by atoms with Crippen LogP contribution in [-0.2, 0) is 30.2 Å². The number of carbonyl (C=O) groups excluding carboxylic acids is 3. The molecule has 0 bridgehead atoms. The predicted molar refractivity (Wildman–Crippen MR) is 108 cm³/mol. The summed E-state index contributed by atoms with van der Waals surface area (Å²) in [6.45, 7) is 10.9. The van der Waals surface area contributed by atoms with Gasteiger partial charge in [-0.3, -0.25) is 4.79 Å². The molecule has 0 aromatic carbocycles. The van der Waals surface area contributed by atoms with Gasteiger partial charge < -0.3 is 19.2 Å². The highest BCUT2D eigenvalue weighted by molar-refractivity contribution is 5.96. The molecule has 1 N–H and O–H groups in total. The monoisotopic (exact) mass is 403 g/mol. The molecule has 7 nitrogen and oxygen atoms in total. The van der Waals surface area contributed by atoms with Crippen LogP contribution in [0.15, 0.2) is 16.9 Å². The van der Waals surface area contributed by atoms with Crippen LogP contribution >= 0.6 is 0 Å². The van der Waals surface area contributed by atoms with Crippen LogP contribution in [0.1, 0.15) is 74.8 Å². The lowest BCUT2D eigenvalue weighted by molar-refractivity contribution is -0.140. The maximum Gasteiger partial charge on any atom is 0.355 e. The molecule has 0 saturated carbocycles. The molecule has 0 spiro atoms. The zero-order valence-electron chi connectivity index (χ0n) is 18.1. The van der Waals surface area contributed by atoms with Crippen LogP contribution in [-0.4, -0.2) is 35.6 Å². The summed E-state index contributed by atoms with van der Waals surface area (Å²) < 4.78 is 15.6. The van der Waals surface area contributed by atoms with E-state index in [9.17, 15) is 14.4 Å². The van der Waals surface area contributed by atoms with Gasteiger partial charge in [-0.05, 0) is 58.6 Å². The summed E-state index contributed by atoms with van der Waals surface area (Å²) in [4.78, 5) is 39.4. The van der Waals surface area contributed by atoms with Gasteiger partial charge in [0.2, 0.25) is 0 Å². The predicted octanol–water partition coefficient (Wildman–Crippen LogP) is 4.01. The summed E-state index contributed by atoms with van der Waals surface area (Å²) in [6.07, 6.45) is 2.75. The van der Waals surface area contributed by atoms with Crippen LogP contribution < -0.4 is 0 Å². The quantitative estimate of drug-likeness (QED) is 0.570. The van der Waals surface area contributed by atoms with Crippen molar-refractivity contribution in [2.24, 2.45) is 0 Å². The van der Waals surface area contributed by atoms with E-state index in [1.54, 1.807) is 26.8 Å². The Balaban J connectivity index is 2.48. The highest BCUT2D eigenvalue weighted by Crippen LogP contribution is 2.31. The van der Waals surface area contributed by atoms with Crippen LogP contribution in [0.25, 0.3) is 6.08 Å². The van der Waals surface area contributed by atoms with Crippen LogP contribution in [0.3, 0.4) is 0 Å². The second-order valence-electron chi connectivity index (χ2n) is 7.95. The molecule has 1 aliphatic rings. The Bertz CT molecular complexity index is 895. The summed E-state index contributed by atoms with van der Waals surface area (Å²) in [7, 11) is 1.33. The van der Waals surface area contributed by atoms with Crippen LogP contribution in [0.4, 0.5) is 0 Å². The van der Waals surface area contributed by atoms with Crippen molar-refractivity contribution in [3.63, 3.8) is 0 Å². The molecule has 0 aliphatic carbocycles. The molecule has 29 heavy (non-hydrogen) atoms. The van der Waals surface area contributed by atoms with Gasteiger partial charge in [0.1, 0.15) is 17.1 Å². The van der Waals surface area contributed by atoms with Crippen LogP contribution in [0.2, 0.25) is 0 Å². The Hall–Kier alpha value is -2.83. The van der Waals surface area contributed by atoms with E-state index >= 15 is 0 Å². The molecule has 0 saturated heterocycles. The van der Waals surface area contributed by atoms with Gasteiger partial charge in [-0.15, -0.1) is 0 Å². The third-order valence-corrected chi connectivity index (χ3v) is 4.73. The average Bonchev–Trinajstić information content (AvgIpc) is 3.08. The second-order valence-corrected chi connectivity index (χ2v) is 7.95. The number of cyclic esters (lactones) is 1. The highest BCUT2D eigenvalue weighted by Gasteiger charge is 2.28. The van der Waals surface area contributed by atoms with Crippen molar-refractivity contribution >= 4 is 24.0 Å². The summed E-state index contributed by atoms with van der Waals surface area (Å²) in [5.74, 6) is -0.767. The number of aromatic amines is 1. The van der Waals surface area contributed by atoms with Crippen molar-refractivity contribution in [3.8, 4) is 0 Å². The smallest absolute Gasteiger partial charge is 0.355 e. The van der Waals surface area contributed by atoms with E-state index in [-0.39, 0.29) is 24.1 Å². The van der Waals surface area contributed by atoms with E-state index in [1.807, 2.05) is 20.8 Å². The van der Waals surface area contributed by atoms with Crippen molar-refractivity contribution in [1.82, 2.24) is 4.98 Å². The Morgan fingerprint density at radius 1 is 1.21 bits per heavy atom. The first-order valence-electron chi connectivity index (χ1n) is 9.64. The van der Waals surface area contributed by atoms with E-state index in [0.29, 0.717) is 35.4 Å². The van der Waals surface area contributed by atoms with Crippen LogP contribution in [0, 0.1) is 6.92 Å². The number of carbonyl (C=O) groups is 3. The minimum atomic E-state index is -0.662. The lowest BCUT2D eigenvalue weighted by atomic mass is 10.0. The molecule has 0 fully saturated rings. The first-order chi connectivity index (χ1) is 13.5. The number of methoxy groups -OCH3 is 1. The summed E-state index contributed by atoms with van der Waals surface area (Å²) in [5, 5.41) is 0.